The SMILES string of the molecule is CCCS(=O)(=O)N1CCCC(Oc2ncc(F)cn2)C1. The van der Waals surface area contributed by atoms with Crippen molar-refractivity contribution >= 4 is 10.0 Å². The molecule has 2 heterocycles. The van der Waals surface area contributed by atoms with Crippen molar-refractivity contribution in [3.05, 3.63) is 18.2 Å². The number of hydrogen-bond donors (Lipinski definition) is 0. The van der Waals surface area contributed by atoms with Gasteiger partial charge in [0, 0.05) is 6.54 Å². The second kappa shape index (κ2) is 6.45. The predicted octanol–water partition coefficient (Wildman–Crippen LogP) is 1.20. The molecule has 1 unspecified atom stereocenters. The maximum absolute atomic E-state index is 12.7. The Morgan fingerprint density at radius 3 is 2.80 bits per heavy atom. The zero-order chi connectivity index (χ0) is 14.6. The van der Waals surface area contributed by atoms with Crippen molar-refractivity contribution in [2.45, 2.75) is 32.3 Å². The van der Waals surface area contributed by atoms with Crippen LogP contribution in [-0.4, -0.2) is 47.6 Å². The van der Waals surface area contributed by atoms with Gasteiger partial charge in [0.15, 0.2) is 5.82 Å². The third kappa shape index (κ3) is 3.86. The Kier molecular flexibility index (Phi) is 4.87. The van der Waals surface area contributed by atoms with Crippen molar-refractivity contribution in [1.82, 2.24) is 14.3 Å². The molecule has 112 valence electrons. The highest BCUT2D eigenvalue weighted by Gasteiger charge is 2.29. The average Bonchev–Trinajstić information content (AvgIpc) is 2.42. The molecule has 1 fully saturated rings. The summed E-state index contributed by atoms with van der Waals surface area (Å²) in [5, 5.41) is 0. The molecule has 0 radical (unpaired) electrons. The predicted molar refractivity (Wildman–Crippen MR) is 71.3 cm³/mol. The maximum atomic E-state index is 12.7. The number of aromatic nitrogens is 2. The Hall–Kier alpha value is -1.28. The van der Waals surface area contributed by atoms with E-state index in [0.29, 0.717) is 19.5 Å². The van der Waals surface area contributed by atoms with E-state index in [1.807, 2.05) is 6.92 Å². The van der Waals surface area contributed by atoms with E-state index in [9.17, 15) is 12.8 Å². The molecule has 6 nitrogen and oxygen atoms in total. The van der Waals surface area contributed by atoms with Crippen molar-refractivity contribution < 1.29 is 17.5 Å². The summed E-state index contributed by atoms with van der Waals surface area (Å²) in [6.07, 6.45) is 3.81. The van der Waals surface area contributed by atoms with Crippen LogP contribution in [0.5, 0.6) is 6.01 Å². The van der Waals surface area contributed by atoms with Gasteiger partial charge in [-0.1, -0.05) is 6.92 Å². The monoisotopic (exact) mass is 303 g/mol. The highest BCUT2D eigenvalue weighted by atomic mass is 32.2. The number of nitrogens with zero attached hydrogens (tertiary/aromatic N) is 3. The molecule has 1 aliphatic rings. The molecule has 0 aromatic carbocycles. The van der Waals surface area contributed by atoms with E-state index in [0.717, 1.165) is 25.2 Å². The molecule has 1 atom stereocenters. The number of halogens is 1. The quantitative estimate of drug-likeness (QED) is 0.817. The van der Waals surface area contributed by atoms with Gasteiger partial charge in [0.1, 0.15) is 6.10 Å². The lowest BCUT2D eigenvalue weighted by Crippen LogP contribution is -2.45. The topological polar surface area (TPSA) is 72.4 Å². The Labute approximate surface area is 118 Å². The first-order valence-electron chi connectivity index (χ1n) is 6.63. The lowest BCUT2D eigenvalue weighted by Gasteiger charge is -2.31. The molecule has 1 aliphatic heterocycles. The third-order valence-corrected chi connectivity index (χ3v) is 5.11. The summed E-state index contributed by atoms with van der Waals surface area (Å²) in [6, 6.07) is 0.0751. The summed E-state index contributed by atoms with van der Waals surface area (Å²) in [7, 11) is -3.21. The van der Waals surface area contributed by atoms with Gasteiger partial charge in [-0.25, -0.2) is 22.8 Å². The standard InChI is InChI=1S/C12H18FN3O3S/c1-2-6-20(17,18)16-5-3-4-11(9-16)19-12-14-7-10(13)8-15-12/h7-8,11H,2-6,9H2,1H3. The van der Waals surface area contributed by atoms with Gasteiger partial charge in [0.2, 0.25) is 10.0 Å². The van der Waals surface area contributed by atoms with E-state index in [4.69, 9.17) is 4.74 Å². The maximum Gasteiger partial charge on any atom is 0.316 e. The minimum atomic E-state index is -3.21. The third-order valence-electron chi connectivity index (χ3n) is 3.07. The summed E-state index contributed by atoms with van der Waals surface area (Å²) in [5.74, 6) is -0.389. The molecular formula is C12H18FN3O3S. The van der Waals surface area contributed by atoms with Gasteiger partial charge in [-0.05, 0) is 19.3 Å². The molecule has 1 aromatic rings. The molecule has 0 amide bonds. The summed E-state index contributed by atoms with van der Waals surface area (Å²) >= 11 is 0. The van der Waals surface area contributed by atoms with Gasteiger partial charge < -0.3 is 4.74 Å². The van der Waals surface area contributed by atoms with Crippen molar-refractivity contribution in [3.8, 4) is 6.01 Å². The first-order chi connectivity index (χ1) is 9.51. The number of piperidine rings is 1. The Bertz CT molecular complexity index is 535. The van der Waals surface area contributed by atoms with Crippen LogP contribution in [0.4, 0.5) is 4.39 Å². The molecule has 0 spiro atoms. The fourth-order valence-corrected chi connectivity index (χ4v) is 3.73. The van der Waals surface area contributed by atoms with E-state index in [1.165, 1.54) is 4.31 Å². The first-order valence-corrected chi connectivity index (χ1v) is 8.24. The van der Waals surface area contributed by atoms with Crippen molar-refractivity contribution in [1.29, 1.82) is 0 Å². The number of ether oxygens (including phenoxy) is 1. The molecule has 20 heavy (non-hydrogen) atoms. The molecule has 0 saturated carbocycles. The van der Waals surface area contributed by atoms with Crippen LogP contribution in [-0.2, 0) is 10.0 Å². The van der Waals surface area contributed by atoms with E-state index in [-0.39, 0.29) is 17.9 Å². The largest absolute Gasteiger partial charge is 0.459 e. The van der Waals surface area contributed by atoms with Crippen LogP contribution in [0.15, 0.2) is 12.4 Å². The Balaban J connectivity index is 1.98. The minimum Gasteiger partial charge on any atom is -0.459 e. The van der Waals surface area contributed by atoms with Gasteiger partial charge in [0.05, 0.1) is 24.7 Å². The molecule has 0 N–H and O–H groups in total. The zero-order valence-corrected chi connectivity index (χ0v) is 12.1. The molecule has 0 bridgehead atoms. The minimum absolute atomic E-state index is 0.0751. The second-order valence-electron chi connectivity index (χ2n) is 4.74. The highest BCUT2D eigenvalue weighted by Crippen LogP contribution is 2.18. The van der Waals surface area contributed by atoms with E-state index >= 15 is 0 Å². The van der Waals surface area contributed by atoms with Crippen molar-refractivity contribution in [2.75, 3.05) is 18.8 Å². The lowest BCUT2D eigenvalue weighted by molar-refractivity contribution is 0.119. The van der Waals surface area contributed by atoms with Crippen LogP contribution in [0.25, 0.3) is 0 Å². The van der Waals surface area contributed by atoms with Crippen LogP contribution < -0.4 is 4.74 Å². The van der Waals surface area contributed by atoms with Crippen LogP contribution >= 0.6 is 0 Å². The summed E-state index contributed by atoms with van der Waals surface area (Å²) in [4.78, 5) is 7.44. The number of hydrogen-bond acceptors (Lipinski definition) is 5. The first kappa shape index (κ1) is 15.1. The van der Waals surface area contributed by atoms with Gasteiger partial charge in [0.25, 0.3) is 0 Å². The fraction of sp³-hybridized carbons (Fsp3) is 0.667. The van der Waals surface area contributed by atoms with Gasteiger partial charge >= 0.3 is 6.01 Å². The smallest absolute Gasteiger partial charge is 0.316 e. The number of rotatable bonds is 5. The van der Waals surface area contributed by atoms with Crippen molar-refractivity contribution in [2.24, 2.45) is 0 Å². The van der Waals surface area contributed by atoms with Gasteiger partial charge in [-0.15, -0.1) is 0 Å². The van der Waals surface area contributed by atoms with Crippen molar-refractivity contribution in [3.63, 3.8) is 0 Å². The van der Waals surface area contributed by atoms with Gasteiger partial charge in [-0.3, -0.25) is 0 Å². The second-order valence-corrected chi connectivity index (χ2v) is 6.83. The fourth-order valence-electron chi connectivity index (χ4n) is 2.15. The summed E-state index contributed by atoms with van der Waals surface area (Å²) < 4.78 is 43.7. The Morgan fingerprint density at radius 2 is 2.15 bits per heavy atom. The van der Waals surface area contributed by atoms with Crippen LogP contribution in [0.1, 0.15) is 26.2 Å². The summed E-state index contributed by atoms with van der Waals surface area (Å²) in [6.45, 7) is 2.65. The zero-order valence-electron chi connectivity index (χ0n) is 11.3. The molecule has 8 heteroatoms. The summed E-state index contributed by atoms with van der Waals surface area (Å²) in [5.41, 5.74) is 0. The van der Waals surface area contributed by atoms with Gasteiger partial charge in [-0.2, -0.15) is 4.31 Å². The van der Waals surface area contributed by atoms with Crippen LogP contribution in [0.3, 0.4) is 0 Å². The highest BCUT2D eigenvalue weighted by molar-refractivity contribution is 7.89. The molecule has 1 saturated heterocycles. The van der Waals surface area contributed by atoms with E-state index < -0.39 is 15.8 Å². The molecule has 0 aliphatic carbocycles. The molecule has 2 rings (SSSR count). The molecule has 1 aromatic heterocycles. The van der Waals surface area contributed by atoms with Crippen LogP contribution in [0, 0.1) is 5.82 Å². The van der Waals surface area contributed by atoms with E-state index in [1.54, 1.807) is 0 Å². The lowest BCUT2D eigenvalue weighted by atomic mass is 10.1. The normalized spacial score (nSPS) is 20.8. The molecular weight excluding hydrogens is 285 g/mol. The Morgan fingerprint density at radius 1 is 1.45 bits per heavy atom. The number of sulfonamides is 1. The average molecular weight is 303 g/mol. The van der Waals surface area contributed by atoms with Crippen LogP contribution in [0.2, 0.25) is 0 Å². The van der Waals surface area contributed by atoms with E-state index in [2.05, 4.69) is 9.97 Å².